The van der Waals surface area contributed by atoms with E-state index in [4.69, 9.17) is 10.5 Å². The average Bonchev–Trinajstić information content (AvgIpc) is 2.25. The number of ether oxygens (including phenoxy) is 1. The second kappa shape index (κ2) is 6.25. The summed E-state index contributed by atoms with van der Waals surface area (Å²) in [5.41, 5.74) is 7.74. The third-order valence-electron chi connectivity index (χ3n) is 2.31. The van der Waals surface area contributed by atoms with Crippen molar-refractivity contribution in [2.24, 2.45) is 5.73 Å². The molecule has 0 heterocycles. The van der Waals surface area contributed by atoms with Crippen LogP contribution in [0.2, 0.25) is 0 Å². The van der Waals surface area contributed by atoms with Gasteiger partial charge in [0.1, 0.15) is 5.75 Å². The first-order valence-electron chi connectivity index (χ1n) is 5.71. The number of hydrogen-bond donors (Lipinski definition) is 2. The second-order valence-corrected chi connectivity index (χ2v) is 4.34. The number of benzene rings is 1. The quantitative estimate of drug-likeness (QED) is 0.806. The molecule has 4 nitrogen and oxygen atoms in total. The van der Waals surface area contributed by atoms with Crippen LogP contribution in [0, 0.1) is 13.8 Å². The molecule has 0 bridgehead atoms. The van der Waals surface area contributed by atoms with Gasteiger partial charge >= 0.3 is 0 Å². The van der Waals surface area contributed by atoms with Gasteiger partial charge in [-0.3, -0.25) is 4.79 Å². The molecule has 1 unspecified atom stereocenters. The molecule has 17 heavy (non-hydrogen) atoms. The van der Waals surface area contributed by atoms with E-state index in [1.807, 2.05) is 39.0 Å². The molecule has 1 atom stereocenters. The molecule has 0 saturated carbocycles. The van der Waals surface area contributed by atoms with Crippen molar-refractivity contribution < 1.29 is 9.53 Å². The molecule has 0 radical (unpaired) electrons. The molecule has 4 heteroatoms. The van der Waals surface area contributed by atoms with Gasteiger partial charge in [0.25, 0.3) is 5.91 Å². The Morgan fingerprint density at radius 2 is 2.18 bits per heavy atom. The molecule has 0 aromatic heterocycles. The summed E-state index contributed by atoms with van der Waals surface area (Å²) in [5.74, 6) is 0.592. The van der Waals surface area contributed by atoms with Gasteiger partial charge in [0, 0.05) is 12.6 Å². The maximum absolute atomic E-state index is 11.4. The molecule has 0 spiro atoms. The topological polar surface area (TPSA) is 64.3 Å². The van der Waals surface area contributed by atoms with E-state index in [0.717, 1.165) is 11.3 Å². The van der Waals surface area contributed by atoms with Crippen molar-refractivity contribution in [2.75, 3.05) is 13.2 Å². The summed E-state index contributed by atoms with van der Waals surface area (Å²) in [4.78, 5) is 11.4. The number of carbonyl (C=O) groups excluding carboxylic acids is 1. The van der Waals surface area contributed by atoms with Crippen LogP contribution in [0.4, 0.5) is 0 Å². The molecule has 3 N–H and O–H groups in total. The minimum atomic E-state index is -0.151. The largest absolute Gasteiger partial charge is 0.484 e. The lowest BCUT2D eigenvalue weighted by Gasteiger charge is -2.11. The van der Waals surface area contributed by atoms with Crippen LogP contribution in [0.15, 0.2) is 18.2 Å². The summed E-state index contributed by atoms with van der Waals surface area (Å²) in [6.07, 6.45) is 0. The van der Waals surface area contributed by atoms with Crippen molar-refractivity contribution in [3.8, 4) is 5.75 Å². The molecule has 0 aliphatic heterocycles. The van der Waals surface area contributed by atoms with E-state index in [2.05, 4.69) is 5.32 Å². The van der Waals surface area contributed by atoms with Gasteiger partial charge in [-0.25, -0.2) is 0 Å². The first-order valence-corrected chi connectivity index (χ1v) is 5.71. The fraction of sp³-hybridized carbons (Fsp3) is 0.462. The van der Waals surface area contributed by atoms with Crippen LogP contribution in [0.3, 0.4) is 0 Å². The highest BCUT2D eigenvalue weighted by Gasteiger charge is 2.05. The lowest BCUT2D eigenvalue weighted by molar-refractivity contribution is -0.123. The molecule has 0 fully saturated rings. The highest BCUT2D eigenvalue weighted by Crippen LogP contribution is 2.18. The van der Waals surface area contributed by atoms with E-state index in [0.29, 0.717) is 6.54 Å². The first kappa shape index (κ1) is 13.5. The van der Waals surface area contributed by atoms with Crippen molar-refractivity contribution in [3.05, 3.63) is 29.3 Å². The summed E-state index contributed by atoms with van der Waals surface area (Å²) in [5, 5.41) is 2.69. The van der Waals surface area contributed by atoms with Gasteiger partial charge in [-0.15, -0.1) is 0 Å². The van der Waals surface area contributed by atoms with Gasteiger partial charge in [-0.2, -0.15) is 0 Å². The Hall–Kier alpha value is -1.55. The number of aryl methyl sites for hydroxylation is 2. The third kappa shape index (κ3) is 4.87. The summed E-state index contributed by atoms with van der Waals surface area (Å²) in [7, 11) is 0. The molecule has 0 aliphatic rings. The zero-order valence-electron chi connectivity index (χ0n) is 10.6. The maximum Gasteiger partial charge on any atom is 0.257 e. The highest BCUT2D eigenvalue weighted by molar-refractivity contribution is 5.77. The Morgan fingerprint density at radius 1 is 1.47 bits per heavy atom. The van der Waals surface area contributed by atoms with Crippen LogP contribution in [-0.2, 0) is 4.79 Å². The predicted molar refractivity (Wildman–Crippen MR) is 68.1 cm³/mol. The van der Waals surface area contributed by atoms with E-state index >= 15 is 0 Å². The van der Waals surface area contributed by atoms with Gasteiger partial charge in [-0.1, -0.05) is 17.7 Å². The highest BCUT2D eigenvalue weighted by atomic mass is 16.5. The SMILES string of the molecule is Cc1ccc(OCC(=O)NCC(C)N)c(C)c1. The van der Waals surface area contributed by atoms with Crippen LogP contribution < -0.4 is 15.8 Å². The van der Waals surface area contributed by atoms with Crippen LogP contribution in [-0.4, -0.2) is 25.1 Å². The number of nitrogens with two attached hydrogens (primary N) is 1. The van der Waals surface area contributed by atoms with Crippen LogP contribution in [0.25, 0.3) is 0 Å². The summed E-state index contributed by atoms with van der Waals surface area (Å²) in [6, 6.07) is 5.82. The van der Waals surface area contributed by atoms with E-state index in [1.54, 1.807) is 0 Å². The number of amides is 1. The van der Waals surface area contributed by atoms with E-state index in [-0.39, 0.29) is 18.6 Å². The summed E-state index contributed by atoms with van der Waals surface area (Å²) >= 11 is 0. The molecular formula is C13H20N2O2. The van der Waals surface area contributed by atoms with Crippen LogP contribution in [0.1, 0.15) is 18.1 Å². The number of rotatable bonds is 5. The minimum absolute atomic E-state index is 0.0244. The Bertz CT molecular complexity index is 389. The fourth-order valence-corrected chi connectivity index (χ4v) is 1.43. The minimum Gasteiger partial charge on any atom is -0.484 e. The van der Waals surface area contributed by atoms with E-state index < -0.39 is 0 Å². The van der Waals surface area contributed by atoms with Crippen molar-refractivity contribution in [1.82, 2.24) is 5.32 Å². The number of hydrogen-bond acceptors (Lipinski definition) is 3. The molecule has 1 rings (SSSR count). The van der Waals surface area contributed by atoms with Gasteiger partial charge in [0.15, 0.2) is 6.61 Å². The van der Waals surface area contributed by atoms with Crippen molar-refractivity contribution in [2.45, 2.75) is 26.8 Å². The molecule has 1 aromatic carbocycles. The number of nitrogens with one attached hydrogen (secondary N) is 1. The smallest absolute Gasteiger partial charge is 0.257 e. The average molecular weight is 236 g/mol. The zero-order valence-corrected chi connectivity index (χ0v) is 10.6. The van der Waals surface area contributed by atoms with Gasteiger partial charge in [0.05, 0.1) is 0 Å². The van der Waals surface area contributed by atoms with Crippen LogP contribution in [0.5, 0.6) is 5.75 Å². The normalized spacial score (nSPS) is 12.0. The van der Waals surface area contributed by atoms with Gasteiger partial charge in [-0.05, 0) is 32.4 Å². The van der Waals surface area contributed by atoms with Crippen LogP contribution >= 0.6 is 0 Å². The molecule has 0 saturated heterocycles. The molecule has 0 aliphatic carbocycles. The van der Waals surface area contributed by atoms with Gasteiger partial charge in [0.2, 0.25) is 0 Å². The van der Waals surface area contributed by atoms with Gasteiger partial charge < -0.3 is 15.8 Å². The fourth-order valence-electron chi connectivity index (χ4n) is 1.43. The molecular weight excluding hydrogens is 216 g/mol. The lowest BCUT2D eigenvalue weighted by Crippen LogP contribution is -2.37. The van der Waals surface area contributed by atoms with Crippen molar-refractivity contribution in [3.63, 3.8) is 0 Å². The standard InChI is InChI=1S/C13H20N2O2/c1-9-4-5-12(10(2)6-9)17-8-13(16)15-7-11(3)14/h4-6,11H,7-8,14H2,1-3H3,(H,15,16). The summed E-state index contributed by atoms with van der Waals surface area (Å²) in [6.45, 7) is 6.31. The zero-order chi connectivity index (χ0) is 12.8. The Labute approximate surface area is 102 Å². The third-order valence-corrected chi connectivity index (χ3v) is 2.31. The second-order valence-electron chi connectivity index (χ2n) is 4.34. The molecule has 94 valence electrons. The lowest BCUT2D eigenvalue weighted by atomic mass is 10.1. The Balaban J connectivity index is 2.42. The predicted octanol–water partition coefficient (Wildman–Crippen LogP) is 1.15. The molecule has 1 amide bonds. The summed E-state index contributed by atoms with van der Waals surface area (Å²) < 4.78 is 5.43. The Kier molecular flexibility index (Phi) is 4.97. The van der Waals surface area contributed by atoms with Crippen molar-refractivity contribution in [1.29, 1.82) is 0 Å². The van der Waals surface area contributed by atoms with E-state index in [1.165, 1.54) is 5.56 Å². The van der Waals surface area contributed by atoms with E-state index in [9.17, 15) is 4.79 Å². The maximum atomic E-state index is 11.4. The first-order chi connectivity index (χ1) is 7.99. The molecule has 1 aromatic rings. The number of carbonyl (C=O) groups is 1. The Morgan fingerprint density at radius 3 is 2.76 bits per heavy atom. The monoisotopic (exact) mass is 236 g/mol. The van der Waals surface area contributed by atoms with Crippen molar-refractivity contribution >= 4 is 5.91 Å².